The molecule has 0 aliphatic carbocycles. The lowest BCUT2D eigenvalue weighted by atomic mass is 10.2. The highest BCUT2D eigenvalue weighted by Gasteiger charge is 2.09. The number of aromatic nitrogens is 3. The van der Waals surface area contributed by atoms with Crippen LogP contribution < -0.4 is 0 Å². The molecule has 1 aromatic carbocycles. The summed E-state index contributed by atoms with van der Waals surface area (Å²) >= 11 is 15.9. The summed E-state index contributed by atoms with van der Waals surface area (Å²) in [6.45, 7) is 0. The highest BCUT2D eigenvalue weighted by Crippen LogP contribution is 2.27. The Morgan fingerprint density at radius 1 is 1.20 bits per heavy atom. The topological polar surface area (TPSA) is 30.7 Å². The maximum atomic E-state index is 5.91. The average Bonchev–Trinajstić information content (AvgIpc) is 2.53. The predicted molar refractivity (Wildman–Crippen MR) is 63.7 cm³/mol. The molecule has 0 saturated heterocycles. The highest BCUT2D eigenvalue weighted by molar-refractivity contribution is 7.80. The summed E-state index contributed by atoms with van der Waals surface area (Å²) in [5.74, 6) is 0.707. The van der Waals surface area contributed by atoms with E-state index in [9.17, 15) is 0 Å². The summed E-state index contributed by atoms with van der Waals surface area (Å²) in [4.78, 5) is 0. The molecular weight excluding hydrogens is 253 g/mol. The molecule has 0 saturated carbocycles. The van der Waals surface area contributed by atoms with E-state index >= 15 is 0 Å². The molecular formula is C9H7Cl2N3S. The summed E-state index contributed by atoms with van der Waals surface area (Å²) in [5.41, 5.74) is 0.861. The fourth-order valence-electron chi connectivity index (χ4n) is 1.21. The lowest BCUT2D eigenvalue weighted by Gasteiger charge is -2.02. The van der Waals surface area contributed by atoms with E-state index in [0.717, 1.165) is 5.56 Å². The van der Waals surface area contributed by atoms with Crippen LogP contribution >= 0.6 is 35.8 Å². The van der Waals surface area contributed by atoms with Crippen molar-refractivity contribution in [3.63, 3.8) is 0 Å². The van der Waals surface area contributed by atoms with E-state index in [-0.39, 0.29) is 0 Å². The molecule has 2 rings (SSSR count). The van der Waals surface area contributed by atoms with Gasteiger partial charge in [-0.25, -0.2) is 0 Å². The van der Waals surface area contributed by atoms with Crippen molar-refractivity contribution in [2.45, 2.75) is 5.16 Å². The van der Waals surface area contributed by atoms with Crippen LogP contribution in [-0.2, 0) is 7.05 Å². The zero-order chi connectivity index (χ0) is 11.0. The van der Waals surface area contributed by atoms with Crippen LogP contribution in [0.5, 0.6) is 0 Å². The van der Waals surface area contributed by atoms with E-state index in [2.05, 4.69) is 22.8 Å². The van der Waals surface area contributed by atoms with Crippen molar-refractivity contribution in [2.75, 3.05) is 0 Å². The van der Waals surface area contributed by atoms with Crippen LogP contribution in [0, 0.1) is 0 Å². The second-order valence-electron chi connectivity index (χ2n) is 3.01. The van der Waals surface area contributed by atoms with Crippen molar-refractivity contribution in [1.29, 1.82) is 0 Å². The Hall–Kier alpha value is -0.710. The Kier molecular flexibility index (Phi) is 2.91. The van der Waals surface area contributed by atoms with Gasteiger partial charge in [-0.1, -0.05) is 23.2 Å². The van der Waals surface area contributed by atoms with Crippen molar-refractivity contribution < 1.29 is 0 Å². The van der Waals surface area contributed by atoms with Gasteiger partial charge in [0.15, 0.2) is 11.0 Å². The van der Waals surface area contributed by atoms with E-state index in [1.165, 1.54) is 0 Å². The Morgan fingerprint density at radius 2 is 1.93 bits per heavy atom. The second-order valence-corrected chi connectivity index (χ2v) is 4.23. The molecule has 15 heavy (non-hydrogen) atoms. The molecule has 0 fully saturated rings. The van der Waals surface area contributed by atoms with Gasteiger partial charge in [0, 0.05) is 12.6 Å². The average molecular weight is 260 g/mol. The maximum Gasteiger partial charge on any atom is 0.188 e. The molecule has 0 radical (unpaired) electrons. The van der Waals surface area contributed by atoms with Crippen molar-refractivity contribution in [3.8, 4) is 11.4 Å². The van der Waals surface area contributed by atoms with Gasteiger partial charge in [0.25, 0.3) is 0 Å². The molecule has 0 unspecified atom stereocenters. The Morgan fingerprint density at radius 3 is 2.47 bits per heavy atom. The first kappa shape index (κ1) is 10.8. The van der Waals surface area contributed by atoms with Crippen molar-refractivity contribution in [3.05, 3.63) is 28.2 Å². The minimum absolute atomic E-state index is 0.498. The highest BCUT2D eigenvalue weighted by atomic mass is 35.5. The third kappa shape index (κ3) is 1.97. The standard InChI is InChI=1S/C9H7Cl2N3S/c1-14-8(12-13-9(14)15)5-2-3-6(10)7(11)4-5/h2-4H,1H3,(H,13,15). The number of rotatable bonds is 1. The zero-order valence-corrected chi connectivity index (χ0v) is 10.2. The minimum Gasteiger partial charge on any atom is -0.305 e. The van der Waals surface area contributed by atoms with E-state index in [1.54, 1.807) is 16.7 Å². The van der Waals surface area contributed by atoms with E-state index in [4.69, 9.17) is 23.2 Å². The van der Waals surface area contributed by atoms with Gasteiger partial charge in [-0.15, -0.1) is 22.8 Å². The Bertz CT molecular complexity index is 510. The second kappa shape index (κ2) is 4.04. The number of halogens is 2. The van der Waals surface area contributed by atoms with Crippen LogP contribution in [0.25, 0.3) is 11.4 Å². The van der Waals surface area contributed by atoms with Gasteiger partial charge in [-0.05, 0) is 18.2 Å². The third-order valence-corrected chi connectivity index (χ3v) is 3.16. The maximum absolute atomic E-state index is 5.91. The largest absolute Gasteiger partial charge is 0.305 e. The molecule has 1 heterocycles. The molecule has 0 aliphatic heterocycles. The van der Waals surface area contributed by atoms with Crippen LogP contribution in [0.2, 0.25) is 10.0 Å². The Labute approximate surface area is 102 Å². The van der Waals surface area contributed by atoms with Gasteiger partial charge in [-0.3, -0.25) is 0 Å². The summed E-state index contributed by atoms with van der Waals surface area (Å²) in [6.07, 6.45) is 0. The van der Waals surface area contributed by atoms with Gasteiger partial charge < -0.3 is 4.57 Å². The molecule has 0 amide bonds. The van der Waals surface area contributed by atoms with E-state index in [0.29, 0.717) is 21.0 Å². The van der Waals surface area contributed by atoms with E-state index < -0.39 is 0 Å². The zero-order valence-electron chi connectivity index (χ0n) is 7.78. The fraction of sp³-hybridized carbons (Fsp3) is 0.111. The van der Waals surface area contributed by atoms with Crippen molar-refractivity contribution >= 4 is 35.8 Å². The van der Waals surface area contributed by atoms with Crippen LogP contribution in [0.1, 0.15) is 0 Å². The number of hydrogen-bond acceptors (Lipinski definition) is 3. The van der Waals surface area contributed by atoms with Gasteiger partial charge in [0.05, 0.1) is 10.0 Å². The molecule has 3 nitrogen and oxygen atoms in total. The first-order chi connectivity index (χ1) is 7.09. The Balaban J connectivity index is 2.55. The van der Waals surface area contributed by atoms with E-state index in [1.807, 2.05) is 13.1 Å². The minimum atomic E-state index is 0.498. The quantitative estimate of drug-likeness (QED) is 0.799. The molecule has 0 spiro atoms. The van der Waals surface area contributed by atoms with Gasteiger partial charge in [-0.2, -0.15) is 0 Å². The van der Waals surface area contributed by atoms with Crippen LogP contribution in [0.4, 0.5) is 0 Å². The van der Waals surface area contributed by atoms with Crippen LogP contribution in [-0.4, -0.2) is 14.8 Å². The molecule has 2 aromatic rings. The SMILES string of the molecule is Cn1c(S)nnc1-c1ccc(Cl)c(Cl)c1. The van der Waals surface area contributed by atoms with Crippen molar-refractivity contribution in [1.82, 2.24) is 14.8 Å². The molecule has 6 heteroatoms. The van der Waals surface area contributed by atoms with Crippen molar-refractivity contribution in [2.24, 2.45) is 7.05 Å². The van der Waals surface area contributed by atoms with Gasteiger partial charge in [0.2, 0.25) is 0 Å². The van der Waals surface area contributed by atoms with Crippen LogP contribution in [0.15, 0.2) is 23.4 Å². The fourth-order valence-corrected chi connectivity index (χ4v) is 1.65. The molecule has 0 aliphatic rings. The summed E-state index contributed by atoms with van der Waals surface area (Å²) in [7, 11) is 1.83. The normalized spacial score (nSPS) is 10.7. The van der Waals surface area contributed by atoms with Crippen LogP contribution in [0.3, 0.4) is 0 Å². The van der Waals surface area contributed by atoms with Gasteiger partial charge >= 0.3 is 0 Å². The summed E-state index contributed by atoms with van der Waals surface area (Å²) in [5, 5.41) is 9.41. The first-order valence-corrected chi connectivity index (χ1v) is 5.33. The number of benzene rings is 1. The lowest BCUT2D eigenvalue weighted by Crippen LogP contribution is -1.93. The molecule has 0 bridgehead atoms. The molecule has 78 valence electrons. The third-order valence-electron chi connectivity index (χ3n) is 2.03. The molecule has 0 N–H and O–H groups in total. The number of hydrogen-bond donors (Lipinski definition) is 1. The number of thiol groups is 1. The smallest absolute Gasteiger partial charge is 0.188 e. The molecule has 1 aromatic heterocycles. The first-order valence-electron chi connectivity index (χ1n) is 4.13. The predicted octanol–water partition coefficient (Wildman–Crippen LogP) is 3.08. The van der Waals surface area contributed by atoms with Gasteiger partial charge in [0.1, 0.15) is 0 Å². The number of nitrogens with zero attached hydrogens (tertiary/aromatic N) is 3. The summed E-state index contributed by atoms with van der Waals surface area (Å²) < 4.78 is 1.77. The monoisotopic (exact) mass is 259 g/mol. The lowest BCUT2D eigenvalue weighted by molar-refractivity contribution is 0.798. The summed E-state index contributed by atoms with van der Waals surface area (Å²) in [6, 6.07) is 5.32. The molecule has 0 atom stereocenters.